The molecule has 2 saturated carbocycles. The molecule has 17 heavy (non-hydrogen) atoms. The van der Waals surface area contributed by atoms with Crippen molar-refractivity contribution < 1.29 is 5.11 Å². The minimum Gasteiger partial charge on any atom is -0.396 e. The minimum absolute atomic E-state index is 0.366. The van der Waals surface area contributed by atoms with Gasteiger partial charge >= 0.3 is 0 Å². The maximum absolute atomic E-state index is 9.48. The molecule has 0 bridgehead atoms. The van der Waals surface area contributed by atoms with Crippen LogP contribution in [0.5, 0.6) is 0 Å². The summed E-state index contributed by atoms with van der Waals surface area (Å²) in [7, 11) is 0. The van der Waals surface area contributed by atoms with Gasteiger partial charge in [-0.1, -0.05) is 39.5 Å². The van der Waals surface area contributed by atoms with Crippen LogP contribution in [-0.4, -0.2) is 23.8 Å². The molecule has 3 unspecified atom stereocenters. The van der Waals surface area contributed by atoms with E-state index in [4.69, 9.17) is 0 Å². The quantitative estimate of drug-likeness (QED) is 0.793. The lowest BCUT2D eigenvalue weighted by molar-refractivity contribution is 0.101. The van der Waals surface area contributed by atoms with Crippen LogP contribution in [0.2, 0.25) is 0 Å². The van der Waals surface area contributed by atoms with Crippen LogP contribution in [0.25, 0.3) is 0 Å². The van der Waals surface area contributed by atoms with Crippen LogP contribution in [0.3, 0.4) is 0 Å². The van der Waals surface area contributed by atoms with E-state index in [0.717, 1.165) is 0 Å². The molecular formula is C15H29NO. The van der Waals surface area contributed by atoms with Gasteiger partial charge < -0.3 is 10.4 Å². The number of aliphatic hydroxyl groups excluding tert-OH is 1. The van der Waals surface area contributed by atoms with E-state index in [2.05, 4.69) is 19.2 Å². The number of nitrogens with one attached hydrogen (secondary N) is 1. The van der Waals surface area contributed by atoms with Crippen LogP contribution in [0.1, 0.15) is 65.2 Å². The van der Waals surface area contributed by atoms with Crippen LogP contribution in [0.4, 0.5) is 0 Å². The fourth-order valence-electron chi connectivity index (χ4n) is 3.71. The lowest BCUT2D eigenvalue weighted by atomic mass is 9.72. The smallest absolute Gasteiger partial charge is 0.0474 e. The molecule has 0 amide bonds. The summed E-state index contributed by atoms with van der Waals surface area (Å²) in [5.41, 5.74) is 0.440. The van der Waals surface area contributed by atoms with Gasteiger partial charge in [-0.3, -0.25) is 0 Å². The molecule has 2 aliphatic rings. The number of hydrogen-bond acceptors (Lipinski definition) is 2. The summed E-state index contributed by atoms with van der Waals surface area (Å²) in [5, 5.41) is 13.4. The third kappa shape index (κ3) is 3.23. The third-order valence-electron chi connectivity index (χ3n) is 5.07. The molecule has 0 heterocycles. The van der Waals surface area contributed by atoms with E-state index in [-0.39, 0.29) is 0 Å². The highest BCUT2D eigenvalue weighted by Crippen LogP contribution is 2.37. The predicted molar refractivity (Wildman–Crippen MR) is 72.0 cm³/mol. The first-order chi connectivity index (χ1) is 8.13. The Hall–Kier alpha value is -0.0800. The molecule has 0 aromatic carbocycles. The van der Waals surface area contributed by atoms with E-state index in [0.29, 0.717) is 30.0 Å². The van der Waals surface area contributed by atoms with Gasteiger partial charge in [0, 0.05) is 18.7 Å². The standard InChI is InChI=1S/C15H29NO/c1-15(2)10-6-5-9-14(15)16-13-8-4-3-7-12(13)11-17/h12-14,16-17H,3-11H2,1-2H3. The molecule has 0 aromatic heterocycles. The summed E-state index contributed by atoms with van der Waals surface area (Å²) in [5.74, 6) is 0.501. The van der Waals surface area contributed by atoms with Gasteiger partial charge in [-0.2, -0.15) is 0 Å². The molecule has 0 radical (unpaired) electrons. The second kappa shape index (κ2) is 5.71. The predicted octanol–water partition coefficient (Wildman–Crippen LogP) is 3.10. The summed E-state index contributed by atoms with van der Waals surface area (Å²) in [6, 6.07) is 1.23. The minimum atomic E-state index is 0.366. The Morgan fingerprint density at radius 1 is 1.06 bits per heavy atom. The Morgan fingerprint density at radius 2 is 1.76 bits per heavy atom. The maximum atomic E-state index is 9.48. The molecule has 0 saturated heterocycles. The van der Waals surface area contributed by atoms with Crippen molar-refractivity contribution >= 4 is 0 Å². The Morgan fingerprint density at radius 3 is 2.47 bits per heavy atom. The number of hydrogen-bond donors (Lipinski definition) is 2. The Bertz CT molecular complexity index is 239. The van der Waals surface area contributed by atoms with Crippen LogP contribution in [0.15, 0.2) is 0 Å². The van der Waals surface area contributed by atoms with Crippen LogP contribution >= 0.6 is 0 Å². The molecule has 2 aliphatic carbocycles. The highest BCUT2D eigenvalue weighted by Gasteiger charge is 2.35. The SMILES string of the molecule is CC1(C)CCCCC1NC1CCCCC1CO. The number of rotatable bonds is 3. The largest absolute Gasteiger partial charge is 0.396 e. The fraction of sp³-hybridized carbons (Fsp3) is 1.00. The molecule has 2 fully saturated rings. The molecule has 3 atom stereocenters. The number of aliphatic hydroxyl groups is 1. The average molecular weight is 239 g/mol. The van der Waals surface area contributed by atoms with Crippen molar-refractivity contribution in [3.63, 3.8) is 0 Å². The molecule has 2 rings (SSSR count). The molecule has 2 heteroatoms. The highest BCUT2D eigenvalue weighted by atomic mass is 16.3. The monoisotopic (exact) mass is 239 g/mol. The lowest BCUT2D eigenvalue weighted by Gasteiger charge is -2.43. The summed E-state index contributed by atoms with van der Waals surface area (Å²) in [4.78, 5) is 0. The Labute approximate surface area is 106 Å². The second-order valence-electron chi connectivity index (χ2n) is 6.79. The molecule has 2 N–H and O–H groups in total. The highest BCUT2D eigenvalue weighted by molar-refractivity contribution is 4.92. The van der Waals surface area contributed by atoms with Crippen LogP contribution in [-0.2, 0) is 0 Å². The Kier molecular flexibility index (Phi) is 4.48. The van der Waals surface area contributed by atoms with Gasteiger partial charge in [0.15, 0.2) is 0 Å². The van der Waals surface area contributed by atoms with Crippen molar-refractivity contribution in [2.45, 2.75) is 77.3 Å². The first kappa shape index (κ1) is 13.4. The molecule has 0 aromatic rings. The summed E-state index contributed by atoms with van der Waals surface area (Å²) in [6.45, 7) is 5.17. The van der Waals surface area contributed by atoms with Crippen molar-refractivity contribution in [3.05, 3.63) is 0 Å². The van der Waals surface area contributed by atoms with Gasteiger partial charge in [-0.15, -0.1) is 0 Å². The van der Waals surface area contributed by atoms with Crippen molar-refractivity contribution in [3.8, 4) is 0 Å². The van der Waals surface area contributed by atoms with E-state index in [1.54, 1.807) is 0 Å². The normalized spacial score (nSPS) is 37.9. The van der Waals surface area contributed by atoms with E-state index in [1.807, 2.05) is 0 Å². The fourth-order valence-corrected chi connectivity index (χ4v) is 3.71. The van der Waals surface area contributed by atoms with Gasteiger partial charge in [0.2, 0.25) is 0 Å². The van der Waals surface area contributed by atoms with E-state index in [1.165, 1.54) is 51.4 Å². The van der Waals surface area contributed by atoms with Gasteiger partial charge in [-0.25, -0.2) is 0 Å². The molecule has 2 nitrogen and oxygen atoms in total. The molecule has 100 valence electrons. The molecular weight excluding hydrogens is 210 g/mol. The first-order valence-corrected chi connectivity index (χ1v) is 7.50. The lowest BCUT2D eigenvalue weighted by Crippen LogP contribution is -2.52. The molecule has 0 aliphatic heterocycles. The van der Waals surface area contributed by atoms with E-state index >= 15 is 0 Å². The molecule has 0 spiro atoms. The zero-order chi connectivity index (χ0) is 12.3. The second-order valence-corrected chi connectivity index (χ2v) is 6.79. The van der Waals surface area contributed by atoms with Crippen molar-refractivity contribution in [1.29, 1.82) is 0 Å². The topological polar surface area (TPSA) is 32.3 Å². The first-order valence-electron chi connectivity index (χ1n) is 7.50. The summed E-state index contributed by atoms with van der Waals surface area (Å²) in [6.07, 6.45) is 10.5. The summed E-state index contributed by atoms with van der Waals surface area (Å²) < 4.78 is 0. The van der Waals surface area contributed by atoms with Gasteiger partial charge in [0.05, 0.1) is 0 Å². The zero-order valence-corrected chi connectivity index (χ0v) is 11.5. The maximum Gasteiger partial charge on any atom is 0.0474 e. The van der Waals surface area contributed by atoms with Gasteiger partial charge in [0.1, 0.15) is 0 Å². The van der Waals surface area contributed by atoms with Crippen molar-refractivity contribution in [2.24, 2.45) is 11.3 Å². The Balaban J connectivity index is 1.93. The van der Waals surface area contributed by atoms with Crippen molar-refractivity contribution in [2.75, 3.05) is 6.61 Å². The average Bonchev–Trinajstić information content (AvgIpc) is 2.32. The van der Waals surface area contributed by atoms with E-state index in [9.17, 15) is 5.11 Å². The summed E-state index contributed by atoms with van der Waals surface area (Å²) >= 11 is 0. The third-order valence-corrected chi connectivity index (χ3v) is 5.07. The van der Waals surface area contributed by atoms with Gasteiger partial charge in [0.25, 0.3) is 0 Å². The van der Waals surface area contributed by atoms with Crippen LogP contribution in [0, 0.1) is 11.3 Å². The van der Waals surface area contributed by atoms with E-state index < -0.39 is 0 Å². The van der Waals surface area contributed by atoms with Crippen LogP contribution < -0.4 is 5.32 Å². The van der Waals surface area contributed by atoms with Crippen molar-refractivity contribution in [1.82, 2.24) is 5.32 Å². The van der Waals surface area contributed by atoms with Gasteiger partial charge in [-0.05, 0) is 37.0 Å². The zero-order valence-electron chi connectivity index (χ0n) is 11.5.